The second-order valence-electron chi connectivity index (χ2n) is 5.47. The second kappa shape index (κ2) is 6.14. The SMILES string of the molecule is CC(C)C(=O)[C@H](c1ccccc1)N1CCCCC1. The minimum absolute atomic E-state index is 0.0356. The van der Waals surface area contributed by atoms with E-state index in [1.54, 1.807) is 0 Å². The molecule has 1 aromatic carbocycles. The quantitative estimate of drug-likeness (QED) is 0.810. The van der Waals surface area contributed by atoms with Crippen molar-refractivity contribution < 1.29 is 4.79 Å². The van der Waals surface area contributed by atoms with E-state index in [0.29, 0.717) is 5.78 Å². The largest absolute Gasteiger partial charge is 0.297 e. The van der Waals surface area contributed by atoms with E-state index < -0.39 is 0 Å². The summed E-state index contributed by atoms with van der Waals surface area (Å²) >= 11 is 0. The molecule has 2 rings (SSSR count). The molecule has 0 N–H and O–H groups in total. The van der Waals surface area contributed by atoms with Crippen molar-refractivity contribution in [3.63, 3.8) is 0 Å². The number of piperidine rings is 1. The van der Waals surface area contributed by atoms with E-state index in [-0.39, 0.29) is 12.0 Å². The van der Waals surface area contributed by atoms with Gasteiger partial charge in [-0.1, -0.05) is 50.6 Å². The first kappa shape index (κ1) is 13.3. The lowest BCUT2D eigenvalue weighted by Crippen LogP contribution is -2.39. The summed E-state index contributed by atoms with van der Waals surface area (Å²) in [5.74, 6) is 0.445. The van der Waals surface area contributed by atoms with Crippen molar-refractivity contribution in [2.75, 3.05) is 13.1 Å². The maximum absolute atomic E-state index is 12.5. The molecule has 0 aromatic heterocycles. The maximum atomic E-state index is 12.5. The molecule has 0 aliphatic carbocycles. The topological polar surface area (TPSA) is 20.3 Å². The number of hydrogen-bond acceptors (Lipinski definition) is 2. The molecule has 1 atom stereocenters. The number of Topliss-reactive ketones (excluding diaryl/α,β-unsaturated/α-hetero) is 1. The number of benzene rings is 1. The molecule has 1 aliphatic heterocycles. The maximum Gasteiger partial charge on any atom is 0.157 e. The van der Waals surface area contributed by atoms with E-state index in [9.17, 15) is 4.79 Å². The smallest absolute Gasteiger partial charge is 0.157 e. The number of likely N-dealkylation sites (tertiary alicyclic amines) is 1. The van der Waals surface area contributed by atoms with Gasteiger partial charge in [-0.3, -0.25) is 9.69 Å². The zero-order chi connectivity index (χ0) is 13.0. The van der Waals surface area contributed by atoms with Crippen molar-refractivity contribution in [1.29, 1.82) is 0 Å². The third-order valence-corrected chi connectivity index (χ3v) is 3.71. The molecule has 1 fully saturated rings. The van der Waals surface area contributed by atoms with Gasteiger partial charge < -0.3 is 0 Å². The van der Waals surface area contributed by atoms with Crippen molar-refractivity contribution in [2.45, 2.75) is 39.2 Å². The average Bonchev–Trinajstić information content (AvgIpc) is 2.41. The van der Waals surface area contributed by atoms with Gasteiger partial charge in [-0.05, 0) is 31.5 Å². The Bertz CT molecular complexity index is 379. The van der Waals surface area contributed by atoms with Crippen molar-refractivity contribution in [3.05, 3.63) is 35.9 Å². The number of hydrogen-bond donors (Lipinski definition) is 0. The lowest BCUT2D eigenvalue weighted by atomic mass is 9.92. The van der Waals surface area contributed by atoms with Crippen molar-refractivity contribution in [2.24, 2.45) is 5.92 Å². The predicted octanol–water partition coefficient (Wildman–Crippen LogP) is 3.44. The van der Waals surface area contributed by atoms with Gasteiger partial charge in [0.05, 0.1) is 6.04 Å². The summed E-state index contributed by atoms with van der Waals surface area (Å²) in [4.78, 5) is 14.9. The summed E-state index contributed by atoms with van der Waals surface area (Å²) in [6.45, 7) is 6.11. The summed E-state index contributed by atoms with van der Waals surface area (Å²) in [7, 11) is 0. The van der Waals surface area contributed by atoms with E-state index in [0.717, 1.165) is 18.7 Å². The van der Waals surface area contributed by atoms with Crippen LogP contribution >= 0.6 is 0 Å². The van der Waals surface area contributed by atoms with E-state index in [1.807, 2.05) is 32.0 Å². The summed E-state index contributed by atoms with van der Waals surface area (Å²) in [6, 6.07) is 10.2. The standard InChI is InChI=1S/C16H23NO/c1-13(2)16(18)15(14-9-5-3-6-10-14)17-11-7-4-8-12-17/h3,5-6,9-10,13,15H,4,7-8,11-12H2,1-2H3/t15-/m0/s1. The molecule has 1 saturated heterocycles. The zero-order valence-corrected chi connectivity index (χ0v) is 11.4. The first-order valence-corrected chi connectivity index (χ1v) is 7.03. The van der Waals surface area contributed by atoms with E-state index in [1.165, 1.54) is 19.3 Å². The van der Waals surface area contributed by atoms with Crippen LogP contribution in [0, 0.1) is 5.92 Å². The molecule has 0 unspecified atom stereocenters. The van der Waals surface area contributed by atoms with Crippen molar-refractivity contribution in [1.82, 2.24) is 4.90 Å². The lowest BCUT2D eigenvalue weighted by molar-refractivity contribution is -0.128. The lowest BCUT2D eigenvalue weighted by Gasteiger charge is -2.34. The first-order valence-electron chi connectivity index (χ1n) is 7.03. The van der Waals surface area contributed by atoms with Crippen molar-refractivity contribution >= 4 is 5.78 Å². The Kier molecular flexibility index (Phi) is 4.54. The van der Waals surface area contributed by atoms with Gasteiger partial charge in [-0.15, -0.1) is 0 Å². The summed E-state index contributed by atoms with van der Waals surface area (Å²) in [5.41, 5.74) is 1.15. The van der Waals surface area contributed by atoms with E-state index in [4.69, 9.17) is 0 Å². The van der Waals surface area contributed by atoms with Crippen LogP contribution in [0.2, 0.25) is 0 Å². The van der Waals surface area contributed by atoms with Crippen LogP contribution in [0.3, 0.4) is 0 Å². The highest BCUT2D eigenvalue weighted by atomic mass is 16.1. The Labute approximate surface area is 110 Å². The molecule has 98 valence electrons. The number of rotatable bonds is 4. The Hall–Kier alpha value is -1.15. The third-order valence-electron chi connectivity index (χ3n) is 3.71. The molecule has 2 nitrogen and oxygen atoms in total. The van der Waals surface area contributed by atoms with Crippen LogP contribution < -0.4 is 0 Å². The van der Waals surface area contributed by atoms with Gasteiger partial charge in [0.1, 0.15) is 0 Å². The molecule has 0 bridgehead atoms. The number of ketones is 1. The third kappa shape index (κ3) is 2.99. The van der Waals surface area contributed by atoms with Crippen LogP contribution in [0.15, 0.2) is 30.3 Å². The summed E-state index contributed by atoms with van der Waals surface area (Å²) in [6.07, 6.45) is 3.73. The normalized spacial score (nSPS) is 18.8. The predicted molar refractivity (Wildman–Crippen MR) is 74.5 cm³/mol. The molecule has 1 aromatic rings. The molecule has 0 spiro atoms. The van der Waals surface area contributed by atoms with E-state index in [2.05, 4.69) is 17.0 Å². The van der Waals surface area contributed by atoms with Gasteiger partial charge in [0, 0.05) is 5.92 Å². The monoisotopic (exact) mass is 245 g/mol. The van der Waals surface area contributed by atoms with Crippen LogP contribution in [0.5, 0.6) is 0 Å². The van der Waals surface area contributed by atoms with Crippen LogP contribution in [-0.4, -0.2) is 23.8 Å². The van der Waals surface area contributed by atoms with Crippen LogP contribution in [0.4, 0.5) is 0 Å². The fourth-order valence-corrected chi connectivity index (χ4v) is 2.68. The van der Waals surface area contributed by atoms with Crippen LogP contribution in [-0.2, 0) is 4.79 Å². The minimum atomic E-state index is -0.0356. The summed E-state index contributed by atoms with van der Waals surface area (Å²) in [5, 5.41) is 0. The average molecular weight is 245 g/mol. The Balaban J connectivity index is 2.25. The molecule has 18 heavy (non-hydrogen) atoms. The fourth-order valence-electron chi connectivity index (χ4n) is 2.68. The van der Waals surface area contributed by atoms with Gasteiger partial charge in [0.2, 0.25) is 0 Å². The fraction of sp³-hybridized carbons (Fsp3) is 0.562. The number of carbonyl (C=O) groups excluding carboxylic acids is 1. The molecular formula is C16H23NO. The highest BCUT2D eigenvalue weighted by molar-refractivity contribution is 5.86. The molecule has 0 saturated carbocycles. The minimum Gasteiger partial charge on any atom is -0.297 e. The van der Waals surface area contributed by atoms with Gasteiger partial charge in [-0.2, -0.15) is 0 Å². The van der Waals surface area contributed by atoms with E-state index >= 15 is 0 Å². The highest BCUT2D eigenvalue weighted by Crippen LogP contribution is 2.27. The highest BCUT2D eigenvalue weighted by Gasteiger charge is 2.29. The Morgan fingerprint density at radius 1 is 1.06 bits per heavy atom. The molecule has 0 amide bonds. The first-order chi connectivity index (χ1) is 8.70. The Morgan fingerprint density at radius 2 is 1.67 bits per heavy atom. The van der Waals surface area contributed by atoms with Crippen LogP contribution in [0.25, 0.3) is 0 Å². The molecular weight excluding hydrogens is 222 g/mol. The molecule has 1 aliphatic rings. The van der Waals surface area contributed by atoms with Gasteiger partial charge in [-0.25, -0.2) is 0 Å². The number of carbonyl (C=O) groups is 1. The molecule has 1 heterocycles. The molecule has 2 heteroatoms. The number of nitrogens with zero attached hydrogens (tertiary/aromatic N) is 1. The Morgan fingerprint density at radius 3 is 2.22 bits per heavy atom. The van der Waals surface area contributed by atoms with Gasteiger partial charge in [0.25, 0.3) is 0 Å². The zero-order valence-electron chi connectivity index (χ0n) is 11.4. The summed E-state index contributed by atoms with van der Waals surface area (Å²) < 4.78 is 0. The van der Waals surface area contributed by atoms with Crippen molar-refractivity contribution in [3.8, 4) is 0 Å². The van der Waals surface area contributed by atoms with Crippen LogP contribution in [0.1, 0.15) is 44.7 Å². The van der Waals surface area contributed by atoms with Gasteiger partial charge in [0.15, 0.2) is 5.78 Å². The van der Waals surface area contributed by atoms with Gasteiger partial charge >= 0.3 is 0 Å². The second-order valence-corrected chi connectivity index (χ2v) is 5.47. The molecule has 0 radical (unpaired) electrons.